The molecule has 1 N–H and O–H groups in total. The van der Waals surface area contributed by atoms with Gasteiger partial charge in [0, 0.05) is 0 Å². The third-order valence-electron chi connectivity index (χ3n) is 2.77. The second-order valence-corrected chi connectivity index (χ2v) is 4.09. The molecule has 2 rings (SSSR count). The Balaban J connectivity index is 2.19. The minimum Gasteiger partial charge on any atom is -0.384 e. The highest BCUT2D eigenvalue weighted by atomic mass is 16.3. The Morgan fingerprint density at radius 3 is 2.41 bits per heavy atom. The zero-order valence-corrected chi connectivity index (χ0v) is 9.71. The summed E-state index contributed by atoms with van der Waals surface area (Å²) in [6.45, 7) is 3.60. The molecular formula is C16H16O. The Kier molecular flexibility index (Phi) is 3.73. The van der Waals surface area contributed by atoms with Gasteiger partial charge in [-0.1, -0.05) is 60.7 Å². The van der Waals surface area contributed by atoms with E-state index >= 15 is 0 Å². The van der Waals surface area contributed by atoms with Crippen molar-refractivity contribution < 1.29 is 5.11 Å². The molecule has 1 nitrogen and oxygen atoms in total. The number of benzene rings is 2. The molecule has 0 saturated carbocycles. The predicted molar refractivity (Wildman–Crippen MR) is 70.8 cm³/mol. The van der Waals surface area contributed by atoms with Gasteiger partial charge in [-0.25, -0.2) is 0 Å². The molecule has 0 amide bonds. The summed E-state index contributed by atoms with van der Waals surface area (Å²) in [5.74, 6) is 0. The number of aliphatic hydroxyl groups is 1. The van der Waals surface area contributed by atoms with E-state index in [4.69, 9.17) is 0 Å². The van der Waals surface area contributed by atoms with Crippen molar-refractivity contribution in [2.75, 3.05) is 0 Å². The summed E-state index contributed by atoms with van der Waals surface area (Å²) in [6, 6.07) is 18.3. The molecule has 0 aliphatic carbocycles. The first-order valence-electron chi connectivity index (χ1n) is 5.73. The number of rotatable bonds is 4. The SMILES string of the molecule is C=CC(O)c1cccc(Cc2ccccc2)c1. The fourth-order valence-corrected chi connectivity index (χ4v) is 1.85. The van der Waals surface area contributed by atoms with Crippen LogP contribution in [0.4, 0.5) is 0 Å². The fourth-order valence-electron chi connectivity index (χ4n) is 1.85. The lowest BCUT2D eigenvalue weighted by Crippen LogP contribution is -1.95. The summed E-state index contributed by atoms with van der Waals surface area (Å²) < 4.78 is 0. The highest BCUT2D eigenvalue weighted by molar-refractivity contribution is 5.31. The van der Waals surface area contributed by atoms with Crippen LogP contribution < -0.4 is 0 Å². The van der Waals surface area contributed by atoms with Crippen LogP contribution in [0.5, 0.6) is 0 Å². The fraction of sp³-hybridized carbons (Fsp3) is 0.125. The van der Waals surface area contributed by atoms with Gasteiger partial charge in [-0.05, 0) is 23.1 Å². The van der Waals surface area contributed by atoms with Crippen molar-refractivity contribution in [2.24, 2.45) is 0 Å². The molecule has 0 spiro atoms. The highest BCUT2D eigenvalue weighted by Gasteiger charge is 2.03. The van der Waals surface area contributed by atoms with E-state index in [2.05, 4.69) is 24.8 Å². The molecule has 0 aliphatic heterocycles. The summed E-state index contributed by atoms with van der Waals surface area (Å²) in [7, 11) is 0. The van der Waals surface area contributed by atoms with E-state index in [-0.39, 0.29) is 0 Å². The number of hydrogen-bond donors (Lipinski definition) is 1. The molecule has 0 aliphatic rings. The van der Waals surface area contributed by atoms with Crippen molar-refractivity contribution in [3.8, 4) is 0 Å². The Morgan fingerprint density at radius 1 is 1.00 bits per heavy atom. The maximum atomic E-state index is 9.70. The van der Waals surface area contributed by atoms with Gasteiger partial charge in [0.1, 0.15) is 0 Å². The maximum Gasteiger partial charge on any atom is 0.0969 e. The summed E-state index contributed by atoms with van der Waals surface area (Å²) in [5, 5.41) is 9.70. The zero-order chi connectivity index (χ0) is 12.1. The lowest BCUT2D eigenvalue weighted by molar-refractivity contribution is 0.229. The molecule has 0 bridgehead atoms. The van der Waals surface area contributed by atoms with E-state index in [0.29, 0.717) is 0 Å². The standard InChI is InChI=1S/C16H16O/c1-2-16(17)15-10-6-9-14(12-15)11-13-7-4-3-5-8-13/h2-10,12,16-17H,1,11H2. The molecule has 86 valence electrons. The molecule has 1 atom stereocenters. The van der Waals surface area contributed by atoms with Gasteiger partial charge in [0.05, 0.1) is 6.10 Å². The van der Waals surface area contributed by atoms with Crippen LogP contribution in [-0.2, 0) is 6.42 Å². The van der Waals surface area contributed by atoms with Crippen LogP contribution in [0.2, 0.25) is 0 Å². The van der Waals surface area contributed by atoms with E-state index < -0.39 is 6.10 Å². The number of hydrogen-bond acceptors (Lipinski definition) is 1. The topological polar surface area (TPSA) is 20.2 Å². The summed E-state index contributed by atoms with van der Waals surface area (Å²) in [4.78, 5) is 0. The van der Waals surface area contributed by atoms with Gasteiger partial charge in [-0.15, -0.1) is 6.58 Å². The Labute approximate surface area is 102 Å². The molecule has 17 heavy (non-hydrogen) atoms. The Hall–Kier alpha value is -1.86. The lowest BCUT2D eigenvalue weighted by Gasteiger charge is -2.08. The molecule has 0 radical (unpaired) electrons. The molecular weight excluding hydrogens is 208 g/mol. The van der Waals surface area contributed by atoms with Crippen molar-refractivity contribution in [3.05, 3.63) is 83.9 Å². The summed E-state index contributed by atoms with van der Waals surface area (Å²) in [6.07, 6.45) is 1.85. The van der Waals surface area contributed by atoms with Gasteiger partial charge in [0.2, 0.25) is 0 Å². The smallest absolute Gasteiger partial charge is 0.0969 e. The van der Waals surface area contributed by atoms with E-state index in [9.17, 15) is 5.11 Å². The molecule has 1 unspecified atom stereocenters. The molecule has 0 heterocycles. The molecule has 0 fully saturated rings. The van der Waals surface area contributed by atoms with Crippen LogP contribution in [0.1, 0.15) is 22.8 Å². The van der Waals surface area contributed by atoms with Crippen molar-refractivity contribution >= 4 is 0 Å². The second-order valence-electron chi connectivity index (χ2n) is 4.09. The van der Waals surface area contributed by atoms with Gasteiger partial charge in [0.25, 0.3) is 0 Å². The first-order valence-corrected chi connectivity index (χ1v) is 5.73. The Bertz CT molecular complexity index is 488. The second kappa shape index (κ2) is 5.46. The quantitative estimate of drug-likeness (QED) is 0.788. The van der Waals surface area contributed by atoms with Crippen molar-refractivity contribution in [3.63, 3.8) is 0 Å². The largest absolute Gasteiger partial charge is 0.384 e. The van der Waals surface area contributed by atoms with E-state index in [1.807, 2.05) is 36.4 Å². The van der Waals surface area contributed by atoms with Crippen LogP contribution in [0, 0.1) is 0 Å². The summed E-state index contributed by atoms with van der Waals surface area (Å²) in [5.41, 5.74) is 3.38. The van der Waals surface area contributed by atoms with Crippen LogP contribution in [-0.4, -0.2) is 5.11 Å². The third-order valence-corrected chi connectivity index (χ3v) is 2.77. The van der Waals surface area contributed by atoms with Crippen molar-refractivity contribution in [1.29, 1.82) is 0 Å². The van der Waals surface area contributed by atoms with Crippen LogP contribution in [0.15, 0.2) is 67.3 Å². The maximum absolute atomic E-state index is 9.70. The highest BCUT2D eigenvalue weighted by Crippen LogP contribution is 2.17. The van der Waals surface area contributed by atoms with Gasteiger partial charge in [-0.3, -0.25) is 0 Å². The van der Waals surface area contributed by atoms with E-state index in [1.165, 1.54) is 11.1 Å². The number of aliphatic hydroxyl groups excluding tert-OH is 1. The van der Waals surface area contributed by atoms with Gasteiger partial charge in [0.15, 0.2) is 0 Å². The molecule has 1 heteroatoms. The van der Waals surface area contributed by atoms with Crippen LogP contribution >= 0.6 is 0 Å². The van der Waals surface area contributed by atoms with Crippen molar-refractivity contribution in [2.45, 2.75) is 12.5 Å². The van der Waals surface area contributed by atoms with Gasteiger partial charge in [-0.2, -0.15) is 0 Å². The molecule has 2 aromatic carbocycles. The third kappa shape index (κ3) is 3.05. The minimum atomic E-state index is -0.578. The first-order chi connectivity index (χ1) is 8.29. The normalized spacial score (nSPS) is 12.1. The van der Waals surface area contributed by atoms with Crippen LogP contribution in [0.25, 0.3) is 0 Å². The Morgan fingerprint density at radius 2 is 1.71 bits per heavy atom. The lowest BCUT2D eigenvalue weighted by atomic mass is 10.0. The van der Waals surface area contributed by atoms with E-state index in [0.717, 1.165) is 12.0 Å². The molecule has 0 saturated heterocycles. The van der Waals surface area contributed by atoms with Gasteiger partial charge < -0.3 is 5.11 Å². The minimum absolute atomic E-state index is 0.578. The van der Waals surface area contributed by atoms with Crippen molar-refractivity contribution in [1.82, 2.24) is 0 Å². The average Bonchev–Trinajstić information content (AvgIpc) is 2.39. The zero-order valence-electron chi connectivity index (χ0n) is 9.71. The van der Waals surface area contributed by atoms with Crippen LogP contribution in [0.3, 0.4) is 0 Å². The predicted octanol–water partition coefficient (Wildman–Crippen LogP) is 3.50. The molecule has 2 aromatic rings. The van der Waals surface area contributed by atoms with E-state index in [1.54, 1.807) is 6.08 Å². The average molecular weight is 224 g/mol. The first kappa shape index (κ1) is 11.6. The summed E-state index contributed by atoms with van der Waals surface area (Å²) >= 11 is 0. The molecule has 0 aromatic heterocycles. The monoisotopic (exact) mass is 224 g/mol. The van der Waals surface area contributed by atoms with Gasteiger partial charge >= 0.3 is 0 Å².